The third-order valence-corrected chi connectivity index (χ3v) is 4.66. The molecule has 0 spiro atoms. The Morgan fingerprint density at radius 2 is 1.97 bits per heavy atom. The summed E-state index contributed by atoms with van der Waals surface area (Å²) in [5.41, 5.74) is 0.726. The van der Waals surface area contributed by atoms with Gasteiger partial charge < -0.3 is 10.2 Å². The summed E-state index contributed by atoms with van der Waals surface area (Å²) in [6.07, 6.45) is -3.88. The number of aryl methyl sites for hydroxylation is 1. The van der Waals surface area contributed by atoms with Gasteiger partial charge in [-0.3, -0.25) is 12.1 Å². The van der Waals surface area contributed by atoms with Crippen molar-refractivity contribution < 1.29 is 86.5 Å². The summed E-state index contributed by atoms with van der Waals surface area (Å²) in [5, 5.41) is 10.5. The number of nitrogens with zero attached hydrogens (tertiary/aromatic N) is 3. The average molecular weight is 565 g/mol. The first-order chi connectivity index (χ1) is 14.6. The Bertz CT molecular complexity index is 1140. The Balaban J connectivity index is 0.00000363. The van der Waals surface area contributed by atoms with Crippen molar-refractivity contribution in [2.24, 2.45) is 0 Å². The van der Waals surface area contributed by atoms with Crippen molar-refractivity contribution in [3.8, 4) is 11.4 Å². The van der Waals surface area contributed by atoms with Gasteiger partial charge in [0.25, 0.3) is 0 Å². The molecule has 0 atom stereocenters. The Labute approximate surface area is 242 Å². The summed E-state index contributed by atoms with van der Waals surface area (Å²) in [6.45, 7) is 5.49. The SMILES string of the molecule is C=C(c1nc(-c2cc(C)[nH]n2)cc2c(N/C(=C\F)CCN([CH2-])C)cccc12)C(F)(F)F.[Cs+]. The van der Waals surface area contributed by atoms with Crippen molar-refractivity contribution >= 4 is 22.0 Å². The van der Waals surface area contributed by atoms with E-state index in [1.807, 2.05) is 0 Å². The van der Waals surface area contributed by atoms with Crippen molar-refractivity contribution in [2.45, 2.75) is 19.5 Å². The quantitative estimate of drug-likeness (QED) is 0.342. The third-order valence-electron chi connectivity index (χ3n) is 4.66. The molecule has 0 saturated heterocycles. The molecule has 10 heteroatoms. The van der Waals surface area contributed by atoms with Crippen molar-refractivity contribution in [1.82, 2.24) is 20.1 Å². The number of alkyl halides is 3. The molecule has 32 heavy (non-hydrogen) atoms. The molecule has 2 aromatic heterocycles. The van der Waals surface area contributed by atoms with E-state index in [0.717, 1.165) is 5.69 Å². The maximum atomic E-state index is 13.5. The van der Waals surface area contributed by atoms with Crippen molar-refractivity contribution in [3.05, 3.63) is 67.4 Å². The molecule has 0 saturated carbocycles. The number of halogens is 4. The fraction of sp³-hybridized carbons (Fsp3) is 0.227. The van der Waals surface area contributed by atoms with E-state index in [4.69, 9.17) is 0 Å². The number of anilines is 1. The third kappa shape index (κ3) is 6.46. The number of hydrogen-bond acceptors (Lipinski definition) is 4. The molecule has 0 bridgehead atoms. The summed E-state index contributed by atoms with van der Waals surface area (Å²) >= 11 is 0. The van der Waals surface area contributed by atoms with Gasteiger partial charge in [-0.2, -0.15) is 18.3 Å². The molecule has 164 valence electrons. The van der Waals surface area contributed by atoms with Crippen LogP contribution in [0.4, 0.5) is 23.2 Å². The number of pyridine rings is 1. The first-order valence-corrected chi connectivity index (χ1v) is 9.40. The number of H-pyrrole nitrogens is 1. The van der Waals surface area contributed by atoms with E-state index in [1.165, 1.54) is 6.07 Å². The van der Waals surface area contributed by atoms with Crippen LogP contribution in [0, 0.1) is 14.0 Å². The number of rotatable bonds is 7. The minimum Gasteiger partial charge on any atom is -0.461 e. The van der Waals surface area contributed by atoms with E-state index in [0.29, 0.717) is 36.1 Å². The van der Waals surface area contributed by atoms with Crippen LogP contribution >= 0.6 is 0 Å². The number of fused-ring (bicyclic) bond motifs is 1. The van der Waals surface area contributed by atoms with E-state index < -0.39 is 11.7 Å². The molecule has 1 aromatic carbocycles. The molecule has 0 aliphatic rings. The van der Waals surface area contributed by atoms with Crippen molar-refractivity contribution in [2.75, 3.05) is 18.9 Å². The zero-order chi connectivity index (χ0) is 22.8. The fourth-order valence-corrected chi connectivity index (χ4v) is 3.06. The molecule has 5 nitrogen and oxygen atoms in total. The summed E-state index contributed by atoms with van der Waals surface area (Å²) in [4.78, 5) is 5.87. The van der Waals surface area contributed by atoms with Crippen LogP contribution < -0.4 is 74.2 Å². The minimum atomic E-state index is -4.66. The van der Waals surface area contributed by atoms with Gasteiger partial charge in [-0.1, -0.05) is 18.7 Å². The maximum absolute atomic E-state index is 13.5. The first-order valence-electron chi connectivity index (χ1n) is 9.40. The van der Waals surface area contributed by atoms with Gasteiger partial charge in [0.05, 0.1) is 17.0 Å². The van der Waals surface area contributed by atoms with Gasteiger partial charge >= 0.3 is 75.1 Å². The van der Waals surface area contributed by atoms with Gasteiger partial charge in [0, 0.05) is 34.3 Å². The van der Waals surface area contributed by atoms with Crippen LogP contribution in [0.15, 0.2) is 48.9 Å². The first kappa shape index (κ1) is 27.1. The number of hydrogen-bond donors (Lipinski definition) is 2. The van der Waals surface area contributed by atoms with Crippen molar-refractivity contribution in [1.29, 1.82) is 0 Å². The van der Waals surface area contributed by atoms with Crippen molar-refractivity contribution in [3.63, 3.8) is 0 Å². The van der Waals surface area contributed by atoms with Gasteiger partial charge in [0.15, 0.2) is 0 Å². The minimum absolute atomic E-state index is 0. The number of allylic oxidation sites excluding steroid dienone is 1. The topological polar surface area (TPSA) is 56.8 Å². The van der Waals surface area contributed by atoms with Gasteiger partial charge in [0.1, 0.15) is 12.0 Å². The molecule has 2 heterocycles. The number of aromatic amines is 1. The predicted octanol–water partition coefficient (Wildman–Crippen LogP) is 2.85. The molecule has 0 aliphatic carbocycles. The average Bonchev–Trinajstić information content (AvgIpc) is 3.15. The van der Waals surface area contributed by atoms with E-state index in [9.17, 15) is 17.6 Å². The van der Waals surface area contributed by atoms with Crippen LogP contribution in [0.3, 0.4) is 0 Å². The summed E-state index contributed by atoms with van der Waals surface area (Å²) in [5.74, 6) is 0. The summed E-state index contributed by atoms with van der Waals surface area (Å²) in [6, 6.07) is 8.09. The summed E-state index contributed by atoms with van der Waals surface area (Å²) in [7, 11) is 5.48. The zero-order valence-electron chi connectivity index (χ0n) is 18.1. The molecule has 3 aromatic rings. The van der Waals surface area contributed by atoms with E-state index >= 15 is 0 Å². The van der Waals surface area contributed by atoms with Gasteiger partial charge in [0.2, 0.25) is 0 Å². The largest absolute Gasteiger partial charge is 1.00 e. The molecule has 0 unspecified atom stereocenters. The molecule has 3 rings (SSSR count). The monoisotopic (exact) mass is 565 g/mol. The molecule has 0 radical (unpaired) electrons. The number of nitrogens with one attached hydrogen (secondary N) is 2. The second-order valence-corrected chi connectivity index (χ2v) is 7.26. The van der Waals surface area contributed by atoms with Crippen LogP contribution in [0.25, 0.3) is 27.7 Å². The Kier molecular flexibility index (Phi) is 9.59. The predicted molar refractivity (Wildman–Crippen MR) is 115 cm³/mol. The molecule has 0 amide bonds. The Morgan fingerprint density at radius 1 is 1.25 bits per heavy atom. The standard InChI is InChI=1S/C22H22F4N5.Cs/c1-13-10-20(30-29-13)19-11-17-16(21(28-19)14(2)22(24,25)26)6-5-7-18(17)27-15(12-23)8-9-31(3)4;/h5-7,10-12,27H,2-3,8-9H2,1,4H3,(H,29,30);/q-1;+1/b15-12-;. The van der Waals surface area contributed by atoms with Crippen LogP contribution in [0.1, 0.15) is 17.8 Å². The fourth-order valence-electron chi connectivity index (χ4n) is 3.06. The molecular weight excluding hydrogens is 543 g/mol. The van der Waals surface area contributed by atoms with E-state index in [2.05, 4.69) is 34.1 Å². The number of aromatic nitrogens is 3. The molecule has 2 N–H and O–H groups in total. The molecule has 0 aliphatic heterocycles. The van der Waals surface area contributed by atoms with Gasteiger partial charge in [-0.15, -0.1) is 0 Å². The normalized spacial score (nSPS) is 12.2. The number of benzene rings is 1. The Morgan fingerprint density at radius 3 is 2.53 bits per heavy atom. The maximum Gasteiger partial charge on any atom is 1.00 e. The molecular formula is C22H22CsF4N5. The smallest absolute Gasteiger partial charge is 0.461 e. The second kappa shape index (κ2) is 11.3. The summed E-state index contributed by atoms with van der Waals surface area (Å²) < 4.78 is 53.9. The van der Waals surface area contributed by atoms with E-state index in [-0.39, 0.29) is 91.4 Å². The second-order valence-electron chi connectivity index (χ2n) is 7.26. The Hall–Kier alpha value is -1.15. The van der Waals surface area contributed by atoms with E-state index in [1.54, 1.807) is 43.1 Å². The van der Waals surface area contributed by atoms with Gasteiger partial charge in [-0.25, -0.2) is 9.37 Å². The van der Waals surface area contributed by atoms with Crippen LogP contribution in [-0.4, -0.2) is 39.8 Å². The zero-order valence-corrected chi connectivity index (χ0v) is 24.4. The van der Waals surface area contributed by atoms with Crippen LogP contribution in [-0.2, 0) is 0 Å². The van der Waals surface area contributed by atoms with Crippen LogP contribution in [0.5, 0.6) is 0 Å². The molecule has 0 fully saturated rings. The van der Waals surface area contributed by atoms with Gasteiger partial charge in [-0.05, 0) is 38.7 Å². The van der Waals surface area contributed by atoms with Crippen LogP contribution in [0.2, 0.25) is 0 Å².